The lowest BCUT2D eigenvalue weighted by atomic mass is 10.3. The van der Waals surface area contributed by atoms with Gasteiger partial charge >= 0.3 is 0 Å². The van der Waals surface area contributed by atoms with Crippen LogP contribution in [0.4, 0.5) is 10.1 Å². The molecule has 2 aromatic rings. The monoisotopic (exact) mass is 287 g/mol. The van der Waals surface area contributed by atoms with Crippen molar-refractivity contribution in [3.8, 4) is 0 Å². The molecule has 0 spiro atoms. The van der Waals surface area contributed by atoms with Crippen molar-refractivity contribution in [3.63, 3.8) is 0 Å². The fourth-order valence-corrected chi connectivity index (χ4v) is 1.89. The molecule has 1 N–H and O–H groups in total. The average Bonchev–Trinajstić information content (AvgIpc) is 2.72. The number of halogens is 2. The van der Waals surface area contributed by atoms with Crippen LogP contribution in [0.5, 0.6) is 0 Å². The molecule has 0 aliphatic heterocycles. The molecule has 78 valence electrons. The Balaban J connectivity index is 2.07. The number of rotatable bonds is 3. The summed E-state index contributed by atoms with van der Waals surface area (Å²) in [5.74, 6) is -0.276. The van der Waals surface area contributed by atoms with Gasteiger partial charge in [0.2, 0.25) is 0 Å². The van der Waals surface area contributed by atoms with E-state index in [1.54, 1.807) is 12.1 Å². The molecule has 1 aromatic heterocycles. The molecule has 0 saturated carbocycles. The summed E-state index contributed by atoms with van der Waals surface area (Å²) in [6.07, 6.45) is 0. The molecule has 2 rings (SSSR count). The lowest BCUT2D eigenvalue weighted by Gasteiger charge is -2.05. The Labute approximate surface area is 98.6 Å². The highest BCUT2D eigenvalue weighted by Crippen LogP contribution is 2.20. The summed E-state index contributed by atoms with van der Waals surface area (Å²) < 4.78 is 17.8. The van der Waals surface area contributed by atoms with Gasteiger partial charge in [-0.3, -0.25) is 0 Å². The highest BCUT2D eigenvalue weighted by atomic mass is 79.9. The van der Waals surface area contributed by atoms with Crippen molar-refractivity contribution in [3.05, 3.63) is 39.6 Å². The molecule has 0 fully saturated rings. The highest BCUT2D eigenvalue weighted by molar-refractivity contribution is 9.10. The topological polar surface area (TPSA) is 37.8 Å². The molecule has 15 heavy (non-hydrogen) atoms. The molecule has 0 bridgehead atoms. The summed E-state index contributed by atoms with van der Waals surface area (Å²) in [6, 6.07) is 4.76. The molecule has 0 amide bonds. The second kappa shape index (κ2) is 4.67. The van der Waals surface area contributed by atoms with E-state index in [4.69, 9.17) is 0 Å². The Hall–Kier alpha value is -1.01. The Bertz CT molecular complexity index is 447. The van der Waals surface area contributed by atoms with Crippen molar-refractivity contribution >= 4 is 33.1 Å². The zero-order valence-corrected chi connectivity index (χ0v) is 9.98. The largest absolute Gasteiger partial charge is 0.377 e. The van der Waals surface area contributed by atoms with Crippen LogP contribution < -0.4 is 5.32 Å². The van der Waals surface area contributed by atoms with Crippen LogP contribution >= 0.6 is 27.5 Å². The van der Waals surface area contributed by atoms with Crippen LogP contribution in [0.25, 0.3) is 0 Å². The van der Waals surface area contributed by atoms with Gasteiger partial charge in [-0.05, 0) is 29.7 Å². The lowest BCUT2D eigenvalue weighted by molar-refractivity contribution is 0.629. The molecule has 3 nitrogen and oxygen atoms in total. The van der Waals surface area contributed by atoms with Crippen LogP contribution in [0.3, 0.4) is 0 Å². The zero-order valence-electron chi connectivity index (χ0n) is 7.58. The van der Waals surface area contributed by atoms with E-state index in [0.29, 0.717) is 12.2 Å². The molecule has 1 aromatic carbocycles. The van der Waals surface area contributed by atoms with E-state index in [0.717, 1.165) is 10.2 Å². The lowest BCUT2D eigenvalue weighted by Crippen LogP contribution is -2.01. The zero-order chi connectivity index (χ0) is 10.7. The normalized spacial score (nSPS) is 10.3. The van der Waals surface area contributed by atoms with E-state index < -0.39 is 0 Å². The Kier molecular flexibility index (Phi) is 3.27. The minimum atomic E-state index is -0.276. The fraction of sp³-hybridized carbons (Fsp3) is 0.111. The van der Waals surface area contributed by atoms with Crippen molar-refractivity contribution in [2.24, 2.45) is 0 Å². The van der Waals surface area contributed by atoms with E-state index in [9.17, 15) is 4.39 Å². The maximum atomic E-state index is 13.3. The first-order chi connectivity index (χ1) is 7.25. The van der Waals surface area contributed by atoms with Crippen molar-refractivity contribution in [2.75, 3.05) is 5.32 Å². The van der Waals surface area contributed by atoms with Crippen LogP contribution in [0.2, 0.25) is 0 Å². The van der Waals surface area contributed by atoms with Gasteiger partial charge in [0.1, 0.15) is 5.82 Å². The van der Waals surface area contributed by atoms with E-state index in [2.05, 4.69) is 30.8 Å². The second-order valence-electron chi connectivity index (χ2n) is 2.87. The van der Waals surface area contributed by atoms with Gasteiger partial charge in [0.15, 0.2) is 0 Å². The van der Waals surface area contributed by atoms with Crippen LogP contribution in [-0.2, 0) is 6.54 Å². The van der Waals surface area contributed by atoms with E-state index in [1.807, 2.05) is 5.38 Å². The molecule has 0 aliphatic carbocycles. The summed E-state index contributed by atoms with van der Waals surface area (Å²) in [6.45, 7) is 0.476. The van der Waals surface area contributed by atoms with Gasteiger partial charge in [0.05, 0.1) is 17.9 Å². The fourth-order valence-electron chi connectivity index (χ4n) is 1.08. The van der Waals surface area contributed by atoms with Gasteiger partial charge in [-0.15, -0.1) is 5.10 Å². The van der Waals surface area contributed by atoms with Crippen molar-refractivity contribution < 1.29 is 4.39 Å². The minimum absolute atomic E-state index is 0.276. The van der Waals surface area contributed by atoms with E-state index >= 15 is 0 Å². The summed E-state index contributed by atoms with van der Waals surface area (Å²) in [4.78, 5) is 0. The van der Waals surface area contributed by atoms with Crippen molar-refractivity contribution in [1.82, 2.24) is 9.59 Å². The Morgan fingerprint density at radius 3 is 3.07 bits per heavy atom. The van der Waals surface area contributed by atoms with Crippen LogP contribution in [-0.4, -0.2) is 9.59 Å². The molecule has 6 heteroatoms. The summed E-state index contributed by atoms with van der Waals surface area (Å²) >= 11 is 4.56. The van der Waals surface area contributed by atoms with Crippen molar-refractivity contribution in [1.29, 1.82) is 0 Å². The van der Waals surface area contributed by atoms with Gasteiger partial charge in [0.25, 0.3) is 0 Å². The third-order valence-electron chi connectivity index (χ3n) is 1.79. The first-order valence-corrected chi connectivity index (χ1v) is 5.83. The van der Waals surface area contributed by atoms with Gasteiger partial charge in [-0.2, -0.15) is 0 Å². The Morgan fingerprint density at radius 1 is 1.47 bits per heavy atom. The first kappa shape index (κ1) is 10.5. The van der Waals surface area contributed by atoms with Crippen molar-refractivity contribution in [2.45, 2.75) is 6.54 Å². The van der Waals surface area contributed by atoms with E-state index in [1.165, 1.54) is 17.6 Å². The summed E-state index contributed by atoms with van der Waals surface area (Å²) in [5, 5.41) is 8.63. The molecule has 0 aliphatic rings. The van der Waals surface area contributed by atoms with Crippen LogP contribution in [0, 0.1) is 5.82 Å². The predicted octanol–water partition coefficient (Wildman–Crippen LogP) is 3.05. The summed E-state index contributed by atoms with van der Waals surface area (Å²) in [5.41, 5.74) is 1.26. The molecule has 0 saturated heterocycles. The smallest absolute Gasteiger partial charge is 0.146 e. The molecule has 1 heterocycles. The maximum absolute atomic E-state index is 13.3. The third kappa shape index (κ3) is 2.73. The molecular formula is C9H7BrFN3S. The summed E-state index contributed by atoms with van der Waals surface area (Å²) in [7, 11) is 0. The average molecular weight is 288 g/mol. The number of hydrogen-bond donors (Lipinski definition) is 1. The molecule has 0 unspecified atom stereocenters. The molecule has 0 radical (unpaired) electrons. The number of anilines is 1. The third-order valence-corrected chi connectivity index (χ3v) is 2.84. The highest BCUT2D eigenvalue weighted by Gasteiger charge is 2.03. The molecule has 0 atom stereocenters. The van der Waals surface area contributed by atoms with Gasteiger partial charge in [0, 0.05) is 9.85 Å². The second-order valence-corrected chi connectivity index (χ2v) is 4.40. The SMILES string of the molecule is Fc1ccc(Br)cc1NCc1csnn1. The number of hydrogen-bond acceptors (Lipinski definition) is 4. The van der Waals surface area contributed by atoms with Crippen LogP contribution in [0.15, 0.2) is 28.1 Å². The number of benzene rings is 1. The van der Waals surface area contributed by atoms with Gasteiger partial charge in [-0.1, -0.05) is 20.4 Å². The maximum Gasteiger partial charge on any atom is 0.146 e. The predicted molar refractivity (Wildman–Crippen MR) is 61.3 cm³/mol. The van der Waals surface area contributed by atoms with Gasteiger partial charge < -0.3 is 5.32 Å². The minimum Gasteiger partial charge on any atom is -0.377 e. The first-order valence-electron chi connectivity index (χ1n) is 4.20. The van der Waals surface area contributed by atoms with E-state index in [-0.39, 0.29) is 5.82 Å². The van der Waals surface area contributed by atoms with Gasteiger partial charge in [-0.25, -0.2) is 4.39 Å². The number of aromatic nitrogens is 2. The molecular weight excluding hydrogens is 281 g/mol. The number of nitrogens with one attached hydrogen (secondary N) is 1. The standard InChI is InChI=1S/C9H7BrFN3S/c10-6-1-2-8(11)9(3-6)12-4-7-5-15-14-13-7/h1-3,5,12H,4H2. The Morgan fingerprint density at radius 2 is 2.33 bits per heavy atom. The quantitative estimate of drug-likeness (QED) is 0.943. The van der Waals surface area contributed by atoms with Crippen LogP contribution in [0.1, 0.15) is 5.69 Å². The number of nitrogens with zero attached hydrogens (tertiary/aromatic N) is 2.